The molecule has 0 bridgehead atoms. The van der Waals surface area contributed by atoms with Crippen LogP contribution in [0.25, 0.3) is 0 Å². The van der Waals surface area contributed by atoms with Gasteiger partial charge >= 0.3 is 0 Å². The molecule has 0 aromatic heterocycles. The maximum absolute atomic E-state index is 7.88. The third-order valence-corrected chi connectivity index (χ3v) is 0.966. The topological polar surface area (TPSA) is 20.2 Å². The fourth-order valence-electron chi connectivity index (χ4n) is 0. The van der Waals surface area contributed by atoms with Gasteiger partial charge < -0.3 is 5.11 Å². The molecule has 0 radical (unpaired) electrons. The first kappa shape index (κ1) is 12.3. The van der Waals surface area contributed by atoms with Crippen molar-refractivity contribution in [2.45, 2.75) is 13.3 Å². The van der Waals surface area contributed by atoms with Gasteiger partial charge in [-0.15, -0.1) is 0 Å². The first-order chi connectivity index (χ1) is 4.18. The summed E-state index contributed by atoms with van der Waals surface area (Å²) in [5.74, 6) is 0. The Labute approximate surface area is 70.2 Å². The van der Waals surface area contributed by atoms with E-state index in [9.17, 15) is 0 Å². The molecule has 0 aliphatic rings. The summed E-state index contributed by atoms with van der Waals surface area (Å²) in [6, 6.07) is 0. The van der Waals surface area contributed by atoms with Crippen molar-refractivity contribution in [2.24, 2.45) is 0 Å². The highest BCUT2D eigenvalue weighted by Crippen LogP contribution is 2.05. The van der Waals surface area contributed by atoms with Crippen molar-refractivity contribution in [1.29, 1.82) is 0 Å². The Bertz CT molecular complexity index is 66.6. The Morgan fingerprint density at radius 3 is 1.78 bits per heavy atom. The lowest BCUT2D eigenvalue weighted by Crippen LogP contribution is -1.69. The van der Waals surface area contributed by atoms with Gasteiger partial charge in [0, 0.05) is 12.1 Å². The summed E-state index contributed by atoms with van der Waals surface area (Å²) in [4.78, 5) is 0. The third-order valence-electron chi connectivity index (χ3n) is 0.306. The van der Waals surface area contributed by atoms with Gasteiger partial charge in [-0.05, 0) is 6.42 Å². The summed E-state index contributed by atoms with van der Waals surface area (Å²) < 4.78 is 0.0895. The van der Waals surface area contributed by atoms with Crippen molar-refractivity contribution in [1.82, 2.24) is 0 Å². The second kappa shape index (κ2) is 11.4. The number of halogens is 3. The molecule has 1 N–H and O–H groups in total. The maximum atomic E-state index is 7.88. The predicted octanol–water partition coefficient (Wildman–Crippen LogP) is 2.89. The van der Waals surface area contributed by atoms with E-state index in [1.807, 2.05) is 6.92 Å². The van der Waals surface area contributed by atoms with Gasteiger partial charge in [-0.1, -0.05) is 41.7 Å². The minimum atomic E-state index is 0.0895. The van der Waals surface area contributed by atoms with E-state index in [0.717, 1.165) is 12.0 Å². The van der Waals surface area contributed by atoms with E-state index in [0.29, 0.717) is 6.61 Å². The molecular formula is C5H9Cl3O. The van der Waals surface area contributed by atoms with Crippen molar-refractivity contribution in [3.63, 3.8) is 0 Å². The molecule has 4 heteroatoms. The zero-order valence-corrected chi connectivity index (χ0v) is 7.34. The van der Waals surface area contributed by atoms with Crippen molar-refractivity contribution in [3.05, 3.63) is 10.0 Å². The van der Waals surface area contributed by atoms with E-state index in [1.165, 1.54) is 0 Å². The standard InChI is InChI=1S/C3H8O.C2HCl3/c1-2-3-4;3-1-2(4)5/h4H,2-3H2,1H3;1H. The van der Waals surface area contributed by atoms with Crippen LogP contribution in [0, 0.1) is 0 Å². The average molecular weight is 191 g/mol. The maximum Gasteiger partial charge on any atom is 0.118 e. The van der Waals surface area contributed by atoms with Crippen LogP contribution in [0.4, 0.5) is 0 Å². The lowest BCUT2D eigenvalue weighted by atomic mass is 10.5. The fraction of sp³-hybridized carbons (Fsp3) is 0.600. The molecule has 0 spiro atoms. The quantitative estimate of drug-likeness (QED) is 0.676. The van der Waals surface area contributed by atoms with E-state index in [2.05, 4.69) is 0 Å². The molecular weight excluding hydrogens is 182 g/mol. The van der Waals surface area contributed by atoms with E-state index in [-0.39, 0.29) is 4.49 Å². The normalized spacial score (nSPS) is 7.22. The van der Waals surface area contributed by atoms with Crippen LogP contribution in [0.3, 0.4) is 0 Å². The van der Waals surface area contributed by atoms with Gasteiger partial charge in [0.25, 0.3) is 0 Å². The second-order valence-electron chi connectivity index (χ2n) is 1.12. The SMILES string of the molecule is CCCO.ClC=C(Cl)Cl. The van der Waals surface area contributed by atoms with Gasteiger partial charge in [-0.3, -0.25) is 0 Å². The van der Waals surface area contributed by atoms with Crippen molar-refractivity contribution in [2.75, 3.05) is 6.61 Å². The molecule has 0 amide bonds. The third kappa shape index (κ3) is 29.0. The molecule has 0 atom stereocenters. The van der Waals surface area contributed by atoms with Crippen LogP contribution in [0.15, 0.2) is 10.0 Å². The minimum absolute atomic E-state index is 0.0895. The van der Waals surface area contributed by atoms with E-state index in [1.54, 1.807) is 0 Å². The summed E-state index contributed by atoms with van der Waals surface area (Å²) in [7, 11) is 0. The molecule has 1 nitrogen and oxygen atoms in total. The number of aliphatic hydroxyl groups excluding tert-OH is 1. The first-order valence-corrected chi connectivity index (χ1v) is 3.60. The van der Waals surface area contributed by atoms with Gasteiger partial charge in [0.05, 0.1) is 0 Å². The predicted molar refractivity (Wildman–Crippen MR) is 43.0 cm³/mol. The van der Waals surface area contributed by atoms with Gasteiger partial charge in [-0.25, -0.2) is 0 Å². The van der Waals surface area contributed by atoms with Crippen LogP contribution in [0.2, 0.25) is 0 Å². The zero-order chi connectivity index (χ0) is 7.70. The lowest BCUT2D eigenvalue weighted by molar-refractivity contribution is 0.295. The molecule has 0 aromatic carbocycles. The molecule has 0 fully saturated rings. The molecule has 0 unspecified atom stereocenters. The van der Waals surface area contributed by atoms with Gasteiger partial charge in [0.2, 0.25) is 0 Å². The largest absolute Gasteiger partial charge is 0.396 e. The van der Waals surface area contributed by atoms with Crippen molar-refractivity contribution < 1.29 is 5.11 Å². The average Bonchev–Trinajstić information content (AvgIpc) is 1.89. The Morgan fingerprint density at radius 1 is 1.56 bits per heavy atom. The van der Waals surface area contributed by atoms with Crippen LogP contribution in [-0.2, 0) is 0 Å². The van der Waals surface area contributed by atoms with Crippen LogP contribution in [0.5, 0.6) is 0 Å². The molecule has 9 heavy (non-hydrogen) atoms. The Hall–Kier alpha value is 0.570. The zero-order valence-electron chi connectivity index (χ0n) is 5.07. The van der Waals surface area contributed by atoms with Crippen LogP contribution in [-0.4, -0.2) is 11.7 Å². The lowest BCUT2D eigenvalue weighted by Gasteiger charge is -1.69. The van der Waals surface area contributed by atoms with Crippen molar-refractivity contribution >= 4 is 34.8 Å². The summed E-state index contributed by atoms with van der Waals surface area (Å²) >= 11 is 14.8. The Kier molecular flexibility index (Phi) is 15.5. The summed E-state index contributed by atoms with van der Waals surface area (Å²) in [5, 5.41) is 7.88. The highest BCUT2D eigenvalue weighted by molar-refractivity contribution is 6.58. The highest BCUT2D eigenvalue weighted by atomic mass is 35.5. The molecule has 56 valence electrons. The first-order valence-electron chi connectivity index (χ1n) is 2.41. The number of hydrogen-bond acceptors (Lipinski definition) is 1. The van der Waals surface area contributed by atoms with Crippen molar-refractivity contribution in [3.8, 4) is 0 Å². The second-order valence-corrected chi connectivity index (χ2v) is 2.35. The number of hydrogen-bond donors (Lipinski definition) is 1. The molecule has 0 aliphatic carbocycles. The smallest absolute Gasteiger partial charge is 0.118 e. The van der Waals surface area contributed by atoms with Crippen LogP contribution >= 0.6 is 34.8 Å². The van der Waals surface area contributed by atoms with E-state index in [4.69, 9.17) is 39.9 Å². The van der Waals surface area contributed by atoms with Gasteiger partial charge in [0.15, 0.2) is 0 Å². The molecule has 0 aromatic rings. The van der Waals surface area contributed by atoms with E-state index < -0.39 is 0 Å². The molecule has 0 aliphatic heterocycles. The molecule has 0 heterocycles. The van der Waals surface area contributed by atoms with E-state index >= 15 is 0 Å². The van der Waals surface area contributed by atoms with Gasteiger partial charge in [0.1, 0.15) is 4.49 Å². The molecule has 0 saturated carbocycles. The molecule has 0 saturated heterocycles. The van der Waals surface area contributed by atoms with Crippen LogP contribution in [0.1, 0.15) is 13.3 Å². The highest BCUT2D eigenvalue weighted by Gasteiger charge is 1.70. The summed E-state index contributed by atoms with van der Waals surface area (Å²) in [6.45, 7) is 2.25. The number of rotatable bonds is 1. The molecule has 0 rings (SSSR count). The minimum Gasteiger partial charge on any atom is -0.396 e. The summed E-state index contributed by atoms with van der Waals surface area (Å²) in [6.07, 6.45) is 0.875. The Balaban J connectivity index is 0. The summed E-state index contributed by atoms with van der Waals surface area (Å²) in [5.41, 5.74) is 1.09. The number of aliphatic hydroxyl groups is 1. The monoisotopic (exact) mass is 190 g/mol. The van der Waals surface area contributed by atoms with Crippen LogP contribution < -0.4 is 0 Å². The Morgan fingerprint density at radius 2 is 1.78 bits per heavy atom. The fourth-order valence-corrected chi connectivity index (χ4v) is 0. The van der Waals surface area contributed by atoms with Gasteiger partial charge in [-0.2, -0.15) is 0 Å².